The van der Waals surface area contributed by atoms with Gasteiger partial charge in [0.05, 0.1) is 4.90 Å². The van der Waals surface area contributed by atoms with E-state index in [1.807, 2.05) is 17.0 Å². The molecular formula is C22H33N3O3S. The first-order valence-electron chi connectivity index (χ1n) is 11.1. The molecule has 29 heavy (non-hydrogen) atoms. The van der Waals surface area contributed by atoms with E-state index >= 15 is 0 Å². The number of carbonyl (C=O) groups excluding carboxylic acids is 1. The van der Waals surface area contributed by atoms with Gasteiger partial charge in [0.2, 0.25) is 15.9 Å². The lowest BCUT2D eigenvalue weighted by atomic mass is 10.1. The van der Waals surface area contributed by atoms with Crippen molar-refractivity contribution in [3.05, 3.63) is 29.8 Å². The summed E-state index contributed by atoms with van der Waals surface area (Å²) in [5.74, 6) is 1.11. The van der Waals surface area contributed by atoms with E-state index in [2.05, 4.69) is 4.90 Å². The Kier molecular flexibility index (Phi) is 6.56. The lowest BCUT2D eigenvalue weighted by Gasteiger charge is -2.34. The highest BCUT2D eigenvalue weighted by molar-refractivity contribution is 7.89. The van der Waals surface area contributed by atoms with E-state index in [4.69, 9.17) is 0 Å². The zero-order valence-electron chi connectivity index (χ0n) is 17.3. The minimum Gasteiger partial charge on any atom is -0.340 e. The van der Waals surface area contributed by atoms with Crippen LogP contribution >= 0.6 is 0 Å². The normalized spacial score (nSPS) is 22.0. The number of amides is 1. The molecule has 3 aliphatic rings. The van der Waals surface area contributed by atoms with Crippen molar-refractivity contribution < 1.29 is 13.2 Å². The number of carbonyl (C=O) groups is 1. The predicted molar refractivity (Wildman–Crippen MR) is 113 cm³/mol. The molecule has 3 fully saturated rings. The van der Waals surface area contributed by atoms with Crippen LogP contribution in [0.25, 0.3) is 0 Å². The first kappa shape index (κ1) is 20.8. The molecule has 1 saturated carbocycles. The van der Waals surface area contributed by atoms with Crippen molar-refractivity contribution in [2.45, 2.75) is 49.8 Å². The molecule has 0 spiro atoms. The molecular weight excluding hydrogens is 386 g/mol. The van der Waals surface area contributed by atoms with Gasteiger partial charge in [-0.2, -0.15) is 4.31 Å². The maximum absolute atomic E-state index is 12.7. The van der Waals surface area contributed by atoms with Crippen LogP contribution < -0.4 is 0 Å². The van der Waals surface area contributed by atoms with Crippen LogP contribution in [0.5, 0.6) is 0 Å². The molecule has 2 saturated heterocycles. The number of piperazine rings is 1. The second-order valence-electron chi connectivity index (χ2n) is 8.73. The number of aryl methyl sites for hydroxylation is 1. The summed E-state index contributed by atoms with van der Waals surface area (Å²) in [7, 11) is -3.38. The van der Waals surface area contributed by atoms with Gasteiger partial charge >= 0.3 is 0 Å². The molecule has 2 heterocycles. The van der Waals surface area contributed by atoms with Crippen LogP contribution in [0.2, 0.25) is 0 Å². The number of sulfonamides is 1. The van der Waals surface area contributed by atoms with Gasteiger partial charge in [0, 0.05) is 52.2 Å². The Morgan fingerprint density at radius 2 is 1.55 bits per heavy atom. The highest BCUT2D eigenvalue weighted by Crippen LogP contribution is 2.30. The smallest absolute Gasteiger partial charge is 0.243 e. The molecule has 1 aromatic carbocycles. The van der Waals surface area contributed by atoms with Crippen LogP contribution in [0, 0.1) is 5.92 Å². The molecule has 0 radical (unpaired) electrons. The zero-order valence-corrected chi connectivity index (χ0v) is 18.1. The van der Waals surface area contributed by atoms with Gasteiger partial charge in [-0.15, -0.1) is 0 Å². The van der Waals surface area contributed by atoms with E-state index in [-0.39, 0.29) is 5.91 Å². The summed E-state index contributed by atoms with van der Waals surface area (Å²) in [6.45, 7) is 6.08. The van der Waals surface area contributed by atoms with Crippen LogP contribution in [-0.2, 0) is 21.2 Å². The molecule has 7 heteroatoms. The Morgan fingerprint density at radius 3 is 2.17 bits per heavy atom. The van der Waals surface area contributed by atoms with Crippen molar-refractivity contribution in [1.82, 2.24) is 14.1 Å². The number of piperidine rings is 1. The van der Waals surface area contributed by atoms with Crippen LogP contribution in [0.4, 0.5) is 0 Å². The first-order valence-corrected chi connectivity index (χ1v) is 12.6. The van der Waals surface area contributed by atoms with E-state index in [0.29, 0.717) is 30.8 Å². The minimum absolute atomic E-state index is 0.209. The monoisotopic (exact) mass is 419 g/mol. The Hall–Kier alpha value is -1.44. The average Bonchev–Trinajstić information content (AvgIpc) is 3.57. The molecule has 6 nitrogen and oxygen atoms in total. The van der Waals surface area contributed by atoms with Gasteiger partial charge in [-0.1, -0.05) is 18.6 Å². The average molecular weight is 420 g/mol. The molecule has 1 aromatic rings. The molecule has 2 aliphatic heterocycles. The fraction of sp³-hybridized carbons (Fsp3) is 0.682. The van der Waals surface area contributed by atoms with E-state index in [1.165, 1.54) is 19.4 Å². The number of hydrogen-bond donors (Lipinski definition) is 0. The summed E-state index contributed by atoms with van der Waals surface area (Å²) >= 11 is 0. The lowest BCUT2D eigenvalue weighted by Crippen LogP contribution is -2.49. The number of nitrogens with zero attached hydrogens (tertiary/aromatic N) is 3. The van der Waals surface area contributed by atoms with E-state index in [9.17, 15) is 13.2 Å². The predicted octanol–water partition coefficient (Wildman–Crippen LogP) is 2.35. The van der Waals surface area contributed by atoms with Crippen LogP contribution in [-0.4, -0.2) is 74.2 Å². The van der Waals surface area contributed by atoms with Crippen LogP contribution in [0.1, 0.15) is 44.1 Å². The summed E-state index contributed by atoms with van der Waals surface area (Å²) in [5, 5.41) is 0. The van der Waals surface area contributed by atoms with Crippen molar-refractivity contribution >= 4 is 15.9 Å². The van der Waals surface area contributed by atoms with Gasteiger partial charge in [0.25, 0.3) is 0 Å². The lowest BCUT2D eigenvalue weighted by molar-refractivity contribution is -0.132. The van der Waals surface area contributed by atoms with E-state index in [0.717, 1.165) is 56.9 Å². The second-order valence-corrected chi connectivity index (χ2v) is 10.7. The standard InChI is InChI=1S/C22H33N3O3S/c26-22(24-16-14-23(15-17-24)18-20-4-5-20)11-8-19-6-9-21(10-7-19)29(27,28)25-12-2-1-3-13-25/h6-7,9-10,20H,1-5,8,11-18H2. The quantitative estimate of drug-likeness (QED) is 0.681. The van der Waals surface area contributed by atoms with Gasteiger partial charge in [0.1, 0.15) is 0 Å². The fourth-order valence-corrected chi connectivity index (χ4v) is 5.85. The van der Waals surface area contributed by atoms with Crippen molar-refractivity contribution in [3.63, 3.8) is 0 Å². The molecule has 1 amide bonds. The first-order chi connectivity index (χ1) is 14.0. The number of hydrogen-bond acceptors (Lipinski definition) is 4. The number of rotatable bonds is 7. The summed E-state index contributed by atoms with van der Waals surface area (Å²) in [6, 6.07) is 7.11. The highest BCUT2D eigenvalue weighted by Gasteiger charge is 2.28. The van der Waals surface area contributed by atoms with Crippen LogP contribution in [0.15, 0.2) is 29.2 Å². The second kappa shape index (κ2) is 9.14. The van der Waals surface area contributed by atoms with Gasteiger partial charge in [-0.05, 0) is 55.7 Å². The van der Waals surface area contributed by atoms with Crippen molar-refractivity contribution in [2.75, 3.05) is 45.8 Å². The molecule has 0 atom stereocenters. The maximum Gasteiger partial charge on any atom is 0.243 e. The van der Waals surface area contributed by atoms with Crippen molar-refractivity contribution in [1.29, 1.82) is 0 Å². The third kappa shape index (κ3) is 5.38. The Morgan fingerprint density at radius 1 is 0.897 bits per heavy atom. The Labute approximate surface area is 174 Å². The van der Waals surface area contributed by atoms with Crippen LogP contribution in [0.3, 0.4) is 0 Å². The maximum atomic E-state index is 12.7. The highest BCUT2D eigenvalue weighted by atomic mass is 32.2. The van der Waals surface area contributed by atoms with E-state index in [1.54, 1.807) is 16.4 Å². The van der Waals surface area contributed by atoms with Gasteiger partial charge < -0.3 is 4.90 Å². The van der Waals surface area contributed by atoms with Crippen molar-refractivity contribution in [2.24, 2.45) is 5.92 Å². The SMILES string of the molecule is O=C(CCc1ccc(S(=O)(=O)N2CCCCC2)cc1)N1CCN(CC2CC2)CC1. The number of benzene rings is 1. The van der Waals surface area contributed by atoms with Crippen molar-refractivity contribution in [3.8, 4) is 0 Å². The Bertz CT molecular complexity index is 791. The minimum atomic E-state index is -3.38. The molecule has 0 N–H and O–H groups in total. The third-order valence-electron chi connectivity index (χ3n) is 6.44. The molecule has 1 aliphatic carbocycles. The topological polar surface area (TPSA) is 60.9 Å². The Balaban J connectivity index is 1.25. The largest absolute Gasteiger partial charge is 0.340 e. The summed E-state index contributed by atoms with van der Waals surface area (Å²) in [6.07, 6.45) is 6.87. The fourth-order valence-electron chi connectivity index (χ4n) is 4.34. The zero-order chi connectivity index (χ0) is 20.3. The van der Waals surface area contributed by atoms with Gasteiger partial charge in [-0.25, -0.2) is 8.42 Å². The molecule has 0 aromatic heterocycles. The molecule has 160 valence electrons. The summed E-state index contributed by atoms with van der Waals surface area (Å²) in [5.41, 5.74) is 1.02. The van der Waals surface area contributed by atoms with Gasteiger partial charge in [-0.3, -0.25) is 9.69 Å². The molecule has 0 unspecified atom stereocenters. The van der Waals surface area contributed by atoms with Gasteiger partial charge in [0.15, 0.2) is 0 Å². The molecule has 0 bridgehead atoms. The summed E-state index contributed by atoms with van der Waals surface area (Å²) < 4.78 is 27.1. The summed E-state index contributed by atoms with van der Waals surface area (Å²) in [4.78, 5) is 17.4. The molecule has 4 rings (SSSR count). The van der Waals surface area contributed by atoms with E-state index < -0.39 is 10.0 Å². The third-order valence-corrected chi connectivity index (χ3v) is 8.35.